The van der Waals surface area contributed by atoms with Gasteiger partial charge in [-0.25, -0.2) is 0 Å². The minimum atomic E-state index is -5.22. The maximum atomic E-state index is 14.0. The lowest BCUT2D eigenvalue weighted by Gasteiger charge is -2.21. The fourth-order valence-corrected chi connectivity index (χ4v) is 3.94. The molecule has 0 unspecified atom stereocenters. The molecule has 0 radical (unpaired) electrons. The fraction of sp³-hybridized carbons (Fsp3) is 0.192. The number of carbonyl (C=O) groups excluding carboxylic acids is 1. The summed E-state index contributed by atoms with van der Waals surface area (Å²) in [7, 11) is 0. The van der Waals surface area contributed by atoms with Crippen molar-refractivity contribution in [1.29, 1.82) is 0 Å². The van der Waals surface area contributed by atoms with E-state index in [9.17, 15) is 31.1 Å². The largest absolute Gasteiger partial charge is 0.456 e. The number of ether oxygens (including phenoxy) is 1. The Morgan fingerprint density at radius 2 is 1.51 bits per heavy atom. The number of carbonyl (C=O) groups is 1. The normalized spacial score (nSPS) is 12.3. The van der Waals surface area contributed by atoms with Crippen LogP contribution in [-0.4, -0.2) is 10.9 Å². The van der Waals surface area contributed by atoms with E-state index in [1.54, 1.807) is 6.20 Å². The van der Waals surface area contributed by atoms with Crippen LogP contribution < -0.4 is 10.1 Å². The third-order valence-corrected chi connectivity index (χ3v) is 5.84. The van der Waals surface area contributed by atoms with Crippen molar-refractivity contribution in [2.24, 2.45) is 0 Å². The Hall–Kier alpha value is -3.66. The van der Waals surface area contributed by atoms with E-state index in [2.05, 4.69) is 10.3 Å². The van der Waals surface area contributed by atoms with Crippen LogP contribution in [0.25, 0.3) is 10.9 Å². The van der Waals surface area contributed by atoms with Crippen LogP contribution in [0.1, 0.15) is 46.8 Å². The number of anilines is 1. The van der Waals surface area contributed by atoms with Crippen LogP contribution in [0.5, 0.6) is 11.5 Å². The van der Waals surface area contributed by atoms with Gasteiger partial charge < -0.3 is 15.0 Å². The van der Waals surface area contributed by atoms with Gasteiger partial charge in [0, 0.05) is 33.4 Å². The minimum Gasteiger partial charge on any atom is -0.456 e. The Labute approximate surface area is 212 Å². The minimum absolute atomic E-state index is 0.00685. The summed E-state index contributed by atoms with van der Waals surface area (Å²) in [6.07, 6.45) is -8.73. The Bertz CT molecular complexity index is 1420. The van der Waals surface area contributed by atoms with Gasteiger partial charge in [-0.3, -0.25) is 4.79 Å². The van der Waals surface area contributed by atoms with E-state index in [0.29, 0.717) is 28.1 Å². The van der Waals surface area contributed by atoms with E-state index >= 15 is 0 Å². The zero-order chi connectivity index (χ0) is 27.1. The predicted octanol–water partition coefficient (Wildman–Crippen LogP) is 9.03. The van der Waals surface area contributed by atoms with E-state index in [-0.39, 0.29) is 17.2 Å². The molecule has 3 aromatic carbocycles. The number of halogens is 7. The van der Waals surface area contributed by atoms with Crippen LogP contribution in [-0.2, 0) is 12.4 Å². The number of fused-ring (bicyclic) bond motifs is 1. The third kappa shape index (κ3) is 5.69. The Kier molecular flexibility index (Phi) is 6.89. The molecule has 0 fully saturated rings. The van der Waals surface area contributed by atoms with Crippen LogP contribution in [0.4, 0.5) is 32.0 Å². The Morgan fingerprint density at radius 3 is 2.05 bits per heavy atom. The molecule has 0 saturated heterocycles. The van der Waals surface area contributed by atoms with Gasteiger partial charge in [-0.05, 0) is 66.1 Å². The molecule has 37 heavy (non-hydrogen) atoms. The zero-order valence-electron chi connectivity index (χ0n) is 19.3. The van der Waals surface area contributed by atoms with Gasteiger partial charge >= 0.3 is 12.4 Å². The first-order chi connectivity index (χ1) is 17.2. The van der Waals surface area contributed by atoms with E-state index in [4.69, 9.17) is 16.3 Å². The molecular weight excluding hydrogens is 522 g/mol. The van der Waals surface area contributed by atoms with Gasteiger partial charge in [-0.1, -0.05) is 25.4 Å². The monoisotopic (exact) mass is 540 g/mol. The number of aromatic nitrogens is 1. The first-order valence-electron chi connectivity index (χ1n) is 10.9. The molecule has 4 rings (SSSR count). The van der Waals surface area contributed by atoms with Gasteiger partial charge in [0.25, 0.3) is 5.91 Å². The van der Waals surface area contributed by atoms with E-state index in [0.717, 1.165) is 5.56 Å². The Morgan fingerprint density at radius 1 is 0.919 bits per heavy atom. The molecule has 0 bridgehead atoms. The molecule has 4 nitrogen and oxygen atoms in total. The smallest absolute Gasteiger partial charge is 0.420 e. The van der Waals surface area contributed by atoms with Crippen LogP contribution in [0.2, 0.25) is 5.02 Å². The molecule has 0 saturated carbocycles. The van der Waals surface area contributed by atoms with Crippen molar-refractivity contribution < 1.29 is 35.9 Å². The number of aromatic amines is 1. The van der Waals surface area contributed by atoms with E-state index in [1.165, 1.54) is 42.5 Å². The fourth-order valence-electron chi connectivity index (χ4n) is 3.82. The summed E-state index contributed by atoms with van der Waals surface area (Å²) in [5.41, 5.74) is -2.60. The zero-order valence-corrected chi connectivity index (χ0v) is 20.1. The number of alkyl halides is 6. The topological polar surface area (TPSA) is 54.1 Å². The number of amides is 1. The number of hydrogen-bond acceptors (Lipinski definition) is 2. The molecule has 194 valence electrons. The second-order valence-corrected chi connectivity index (χ2v) is 9.00. The van der Waals surface area contributed by atoms with Crippen molar-refractivity contribution in [3.63, 3.8) is 0 Å². The maximum absolute atomic E-state index is 14.0. The van der Waals surface area contributed by atoms with Crippen LogP contribution >= 0.6 is 11.6 Å². The predicted molar refractivity (Wildman–Crippen MR) is 128 cm³/mol. The second kappa shape index (κ2) is 9.66. The maximum Gasteiger partial charge on any atom is 0.420 e. The highest BCUT2D eigenvalue weighted by Gasteiger charge is 2.43. The number of rotatable bonds is 5. The quantitative estimate of drug-likeness (QED) is 0.248. The van der Waals surface area contributed by atoms with Gasteiger partial charge in [-0.15, -0.1) is 0 Å². The highest BCUT2D eigenvalue weighted by Crippen LogP contribution is 2.48. The molecule has 0 atom stereocenters. The highest BCUT2D eigenvalue weighted by molar-refractivity contribution is 6.30. The molecule has 0 aliphatic rings. The summed E-state index contributed by atoms with van der Waals surface area (Å²) in [6, 6.07) is 10.3. The number of nitrogens with one attached hydrogen (secondary N) is 2. The van der Waals surface area contributed by atoms with E-state index in [1.807, 2.05) is 13.8 Å². The molecule has 1 aromatic heterocycles. The lowest BCUT2D eigenvalue weighted by Crippen LogP contribution is -2.17. The van der Waals surface area contributed by atoms with Crippen molar-refractivity contribution in [2.75, 3.05) is 5.32 Å². The van der Waals surface area contributed by atoms with Crippen molar-refractivity contribution >= 4 is 34.1 Å². The van der Waals surface area contributed by atoms with Crippen LogP contribution in [0.3, 0.4) is 0 Å². The molecule has 0 spiro atoms. The summed E-state index contributed by atoms with van der Waals surface area (Å²) >= 11 is 5.75. The van der Waals surface area contributed by atoms with Gasteiger partial charge in [0.2, 0.25) is 0 Å². The summed E-state index contributed by atoms with van der Waals surface area (Å²) in [5.74, 6) is -2.48. The summed E-state index contributed by atoms with van der Waals surface area (Å²) in [6.45, 7) is 3.80. The number of H-pyrrole nitrogens is 1. The SMILES string of the molecule is CC(C)c1c[nH]c2ccc(Oc3c(C(F)(F)F)cc(NC(=O)c4ccc(Cl)cc4)cc3C(F)(F)F)cc12. The van der Waals surface area contributed by atoms with Crippen LogP contribution in [0, 0.1) is 0 Å². The van der Waals surface area contributed by atoms with Gasteiger partial charge in [0.15, 0.2) is 5.75 Å². The summed E-state index contributed by atoms with van der Waals surface area (Å²) in [5, 5.41) is 3.01. The molecule has 1 amide bonds. The van der Waals surface area contributed by atoms with Gasteiger partial charge in [-0.2, -0.15) is 26.3 Å². The molecule has 0 aliphatic carbocycles. The first-order valence-corrected chi connectivity index (χ1v) is 11.3. The van der Waals surface area contributed by atoms with Gasteiger partial charge in [0.05, 0.1) is 0 Å². The number of hydrogen-bond donors (Lipinski definition) is 2. The lowest BCUT2D eigenvalue weighted by molar-refractivity contribution is -0.144. The second-order valence-electron chi connectivity index (χ2n) is 8.57. The molecule has 0 aliphatic heterocycles. The number of benzene rings is 3. The summed E-state index contributed by atoms with van der Waals surface area (Å²) in [4.78, 5) is 15.5. The molecule has 2 N–H and O–H groups in total. The average Bonchev–Trinajstić information content (AvgIpc) is 3.22. The molecule has 4 aromatic rings. The van der Waals surface area contributed by atoms with Crippen molar-refractivity contribution in [1.82, 2.24) is 4.98 Å². The van der Waals surface area contributed by atoms with Crippen molar-refractivity contribution in [2.45, 2.75) is 32.1 Å². The van der Waals surface area contributed by atoms with Crippen molar-refractivity contribution in [3.8, 4) is 11.5 Å². The molecular formula is C26H19ClF6N2O2. The molecule has 1 heterocycles. The summed E-state index contributed by atoms with van der Waals surface area (Å²) < 4.78 is 89.3. The average molecular weight is 541 g/mol. The van der Waals surface area contributed by atoms with E-state index < -0.39 is 40.8 Å². The molecule has 11 heteroatoms. The van der Waals surface area contributed by atoms with Crippen molar-refractivity contribution in [3.05, 3.63) is 88.1 Å². The van der Waals surface area contributed by atoms with Gasteiger partial charge in [0.1, 0.15) is 16.9 Å². The standard InChI is InChI=1S/C26H19ClF6N2O2/c1-13(2)19-12-34-22-8-7-17(11-18(19)22)37-23-20(25(28,29)30)9-16(10-21(23)26(31,32)33)35-24(36)14-3-5-15(27)6-4-14/h3-13,34H,1-2H3,(H,35,36). The first kappa shape index (κ1) is 26.4. The third-order valence-electron chi connectivity index (χ3n) is 5.59. The highest BCUT2D eigenvalue weighted by atomic mass is 35.5. The lowest BCUT2D eigenvalue weighted by atomic mass is 10.0. The van der Waals surface area contributed by atoms with Crippen LogP contribution in [0.15, 0.2) is 60.8 Å². The Balaban J connectivity index is 1.81.